The Hall–Kier alpha value is -2.24. The second-order valence-corrected chi connectivity index (χ2v) is 8.86. The summed E-state index contributed by atoms with van der Waals surface area (Å²) in [5.74, 6) is 1.28. The minimum Gasteiger partial charge on any atom is -0.395 e. The molecule has 0 aliphatic rings. The van der Waals surface area contributed by atoms with E-state index in [0.29, 0.717) is 34.4 Å². The molecular formula is C18H17ClIN7O. The molecule has 1 aromatic carbocycles. The van der Waals surface area contributed by atoms with Gasteiger partial charge in [0.25, 0.3) is 0 Å². The third kappa shape index (κ3) is 3.56. The van der Waals surface area contributed by atoms with E-state index < -0.39 is 3.55 Å². The molecule has 0 bridgehead atoms. The lowest BCUT2D eigenvalue weighted by Gasteiger charge is -2.28. The highest BCUT2D eigenvalue weighted by Gasteiger charge is 2.29. The summed E-state index contributed by atoms with van der Waals surface area (Å²) < 4.78 is -0.578. The first-order chi connectivity index (χ1) is 13.5. The number of nitrogens with one attached hydrogen (secondary N) is 3. The Morgan fingerprint density at radius 3 is 2.93 bits per heavy atom. The van der Waals surface area contributed by atoms with Crippen molar-refractivity contribution in [1.29, 1.82) is 0 Å². The number of rotatable bonds is 6. The van der Waals surface area contributed by atoms with Gasteiger partial charge >= 0.3 is 0 Å². The maximum absolute atomic E-state index is 9.26. The van der Waals surface area contributed by atoms with Crippen molar-refractivity contribution in [2.45, 2.75) is 10.5 Å². The van der Waals surface area contributed by atoms with Gasteiger partial charge in [-0.25, -0.2) is 19.9 Å². The molecule has 4 rings (SSSR count). The smallest absolute Gasteiger partial charge is 0.182 e. The van der Waals surface area contributed by atoms with Gasteiger partial charge in [-0.15, -0.1) is 0 Å². The molecule has 28 heavy (non-hydrogen) atoms. The fourth-order valence-corrected chi connectivity index (χ4v) is 3.87. The van der Waals surface area contributed by atoms with Crippen molar-refractivity contribution in [3.63, 3.8) is 0 Å². The first-order valence-electron chi connectivity index (χ1n) is 8.55. The Morgan fingerprint density at radius 1 is 1.25 bits per heavy atom. The Morgan fingerprint density at radius 2 is 2.11 bits per heavy atom. The van der Waals surface area contributed by atoms with Crippen molar-refractivity contribution >= 4 is 67.9 Å². The molecule has 8 nitrogen and oxygen atoms in total. The van der Waals surface area contributed by atoms with Crippen LogP contribution in [0.3, 0.4) is 0 Å². The Kier molecular flexibility index (Phi) is 5.21. The van der Waals surface area contributed by atoms with E-state index >= 15 is 0 Å². The second kappa shape index (κ2) is 7.64. The molecule has 4 aromatic rings. The van der Waals surface area contributed by atoms with Crippen LogP contribution in [0.2, 0.25) is 5.02 Å². The van der Waals surface area contributed by atoms with Gasteiger partial charge in [0, 0.05) is 17.5 Å². The van der Waals surface area contributed by atoms with E-state index in [9.17, 15) is 5.11 Å². The highest BCUT2D eigenvalue weighted by molar-refractivity contribution is 14.1. The van der Waals surface area contributed by atoms with E-state index in [1.54, 1.807) is 6.33 Å². The maximum atomic E-state index is 9.26. The van der Waals surface area contributed by atoms with Crippen LogP contribution in [0, 0.1) is 0 Å². The minimum atomic E-state index is -0.578. The number of nitrogens with zero attached hydrogens (tertiary/aromatic N) is 4. The molecule has 3 heterocycles. The summed E-state index contributed by atoms with van der Waals surface area (Å²) in [7, 11) is 0. The zero-order valence-electron chi connectivity index (χ0n) is 14.9. The molecule has 0 saturated heterocycles. The molecule has 0 amide bonds. The number of benzene rings is 1. The van der Waals surface area contributed by atoms with Gasteiger partial charge in [-0.05, 0) is 41.6 Å². The number of aromatic amines is 1. The highest BCUT2D eigenvalue weighted by atomic mass is 127. The van der Waals surface area contributed by atoms with Crippen LogP contribution in [-0.2, 0) is 3.55 Å². The number of aliphatic hydroxyl groups is 1. The van der Waals surface area contributed by atoms with Gasteiger partial charge in [0.05, 0.1) is 23.5 Å². The van der Waals surface area contributed by atoms with Crippen LogP contribution in [0.5, 0.6) is 0 Å². The lowest BCUT2D eigenvalue weighted by atomic mass is 10.1. The number of hydrogen-bond donors (Lipinski definition) is 4. The zero-order chi connectivity index (χ0) is 19.7. The fraction of sp³-hybridized carbons (Fsp3) is 0.222. The van der Waals surface area contributed by atoms with Gasteiger partial charge in [0.1, 0.15) is 21.2 Å². The molecule has 144 valence electrons. The standard InChI is InChI=1S/C18H17ClIN7O/c1-18(20,27-17-14-16(23-8-22-14)24-9-25-17)11-7-10-3-2-4-12(19)13(10)26-15(11)21-5-6-28/h2-4,7-9,28H,5-6H2,1H3,(H,21,26)(H2,22,23,24,25,27). The summed E-state index contributed by atoms with van der Waals surface area (Å²) in [4.78, 5) is 20.5. The van der Waals surface area contributed by atoms with E-state index in [-0.39, 0.29) is 6.61 Å². The summed E-state index contributed by atoms with van der Waals surface area (Å²) in [5, 5.41) is 17.4. The zero-order valence-corrected chi connectivity index (χ0v) is 17.8. The molecule has 1 unspecified atom stereocenters. The van der Waals surface area contributed by atoms with Crippen molar-refractivity contribution in [3.05, 3.63) is 47.5 Å². The maximum Gasteiger partial charge on any atom is 0.182 e. The van der Waals surface area contributed by atoms with Crippen molar-refractivity contribution < 1.29 is 5.11 Å². The molecule has 4 N–H and O–H groups in total. The number of aromatic nitrogens is 5. The van der Waals surface area contributed by atoms with Crippen molar-refractivity contribution in [2.24, 2.45) is 0 Å². The summed E-state index contributed by atoms with van der Waals surface area (Å²) in [5.41, 5.74) is 2.93. The van der Waals surface area contributed by atoms with Crippen molar-refractivity contribution in [2.75, 3.05) is 23.8 Å². The predicted molar refractivity (Wildman–Crippen MR) is 119 cm³/mol. The Labute approximate surface area is 179 Å². The van der Waals surface area contributed by atoms with Gasteiger partial charge in [-0.2, -0.15) is 0 Å². The number of alkyl halides is 1. The first kappa shape index (κ1) is 19.1. The molecular weight excluding hydrogens is 493 g/mol. The van der Waals surface area contributed by atoms with E-state index in [0.717, 1.165) is 16.5 Å². The van der Waals surface area contributed by atoms with Gasteiger partial charge < -0.3 is 20.7 Å². The van der Waals surface area contributed by atoms with Crippen LogP contribution in [0.1, 0.15) is 12.5 Å². The number of aliphatic hydroxyl groups excluding tert-OH is 1. The first-order valence-corrected chi connectivity index (χ1v) is 10.0. The lowest BCUT2D eigenvalue weighted by Crippen LogP contribution is -2.27. The molecule has 3 aromatic heterocycles. The van der Waals surface area contributed by atoms with Gasteiger partial charge in [0.15, 0.2) is 11.5 Å². The summed E-state index contributed by atoms with van der Waals surface area (Å²) in [6, 6.07) is 7.72. The number of hydrogen-bond acceptors (Lipinski definition) is 7. The minimum absolute atomic E-state index is 0.00621. The van der Waals surface area contributed by atoms with Gasteiger partial charge in [-0.1, -0.05) is 23.7 Å². The average molecular weight is 510 g/mol. The number of imidazole rings is 1. The number of fused-ring (bicyclic) bond motifs is 2. The normalized spacial score (nSPS) is 13.6. The quantitative estimate of drug-likeness (QED) is 0.178. The van der Waals surface area contributed by atoms with E-state index in [2.05, 4.69) is 53.2 Å². The molecule has 0 radical (unpaired) electrons. The van der Waals surface area contributed by atoms with Gasteiger partial charge in [0.2, 0.25) is 0 Å². The Balaban J connectivity index is 1.81. The molecule has 0 saturated carbocycles. The van der Waals surface area contributed by atoms with Crippen LogP contribution >= 0.6 is 34.2 Å². The van der Waals surface area contributed by atoms with Crippen LogP contribution in [-0.4, -0.2) is 43.2 Å². The Bertz CT molecular complexity index is 1150. The molecule has 10 heteroatoms. The largest absolute Gasteiger partial charge is 0.395 e. The molecule has 1 atom stereocenters. The van der Waals surface area contributed by atoms with Crippen molar-refractivity contribution in [3.8, 4) is 0 Å². The number of anilines is 2. The van der Waals surface area contributed by atoms with E-state index in [1.807, 2.05) is 31.2 Å². The predicted octanol–water partition coefficient (Wildman–Crippen LogP) is 3.68. The summed E-state index contributed by atoms with van der Waals surface area (Å²) in [6.45, 7) is 2.39. The summed E-state index contributed by atoms with van der Waals surface area (Å²) >= 11 is 8.64. The van der Waals surface area contributed by atoms with Crippen molar-refractivity contribution in [1.82, 2.24) is 24.9 Å². The molecule has 0 fully saturated rings. The van der Waals surface area contributed by atoms with E-state index in [1.165, 1.54) is 6.33 Å². The number of para-hydroxylation sites is 1. The van der Waals surface area contributed by atoms with Crippen LogP contribution in [0.4, 0.5) is 11.6 Å². The van der Waals surface area contributed by atoms with Crippen LogP contribution in [0.25, 0.3) is 22.1 Å². The molecule has 0 aliphatic carbocycles. The van der Waals surface area contributed by atoms with Gasteiger partial charge in [-0.3, -0.25) is 0 Å². The molecule has 0 spiro atoms. The third-order valence-corrected chi connectivity index (χ3v) is 5.44. The highest BCUT2D eigenvalue weighted by Crippen LogP contribution is 2.39. The molecule has 0 aliphatic heterocycles. The van der Waals surface area contributed by atoms with Crippen LogP contribution in [0.15, 0.2) is 36.9 Å². The SMILES string of the molecule is CC(I)(Nc1ncnc2nc[nH]c12)c1cc2cccc(Cl)c2nc1NCCO. The third-order valence-electron chi connectivity index (χ3n) is 4.28. The number of pyridine rings is 1. The number of H-pyrrole nitrogens is 1. The van der Waals surface area contributed by atoms with Crippen LogP contribution < -0.4 is 10.6 Å². The lowest BCUT2D eigenvalue weighted by molar-refractivity contribution is 0.311. The fourth-order valence-electron chi connectivity index (χ4n) is 2.98. The topological polar surface area (TPSA) is 112 Å². The monoisotopic (exact) mass is 509 g/mol. The number of halogens is 2. The summed E-state index contributed by atoms with van der Waals surface area (Å²) in [6.07, 6.45) is 3.06. The average Bonchev–Trinajstić information content (AvgIpc) is 3.16. The second-order valence-electron chi connectivity index (χ2n) is 6.30. The van der Waals surface area contributed by atoms with E-state index in [4.69, 9.17) is 16.6 Å².